The van der Waals surface area contributed by atoms with Gasteiger partial charge in [-0.05, 0) is 73.5 Å². The Morgan fingerprint density at radius 3 is 2.78 bits per heavy atom. The number of piperidine rings is 1. The van der Waals surface area contributed by atoms with Gasteiger partial charge in [-0.15, -0.1) is 11.3 Å². The number of hydrogen-bond donors (Lipinski definition) is 1. The average Bonchev–Trinajstić information content (AvgIpc) is 3.59. The monoisotopic (exact) mass is 503 g/mol. The Morgan fingerprint density at radius 1 is 1.14 bits per heavy atom. The molecule has 2 aliphatic rings. The van der Waals surface area contributed by atoms with Crippen molar-refractivity contribution in [1.29, 1.82) is 0 Å². The molecule has 0 unspecified atom stereocenters. The highest BCUT2D eigenvalue weighted by atomic mass is 32.1. The summed E-state index contributed by atoms with van der Waals surface area (Å²) in [6.45, 7) is 4.02. The Labute approximate surface area is 214 Å². The van der Waals surface area contributed by atoms with Crippen LogP contribution in [0.2, 0.25) is 0 Å². The second-order valence-electron chi connectivity index (χ2n) is 9.02. The van der Waals surface area contributed by atoms with E-state index < -0.39 is 0 Å². The molecule has 7 nitrogen and oxygen atoms in total. The first-order valence-corrected chi connectivity index (χ1v) is 13.1. The maximum Gasteiger partial charge on any atom is 0.253 e. The molecule has 1 saturated heterocycles. The first kappa shape index (κ1) is 24.1. The number of carbonyl (C=O) groups is 2. The molecule has 186 valence electrons. The molecule has 0 radical (unpaired) electrons. The minimum absolute atomic E-state index is 0.0186. The number of aryl methyl sites for hydroxylation is 1. The summed E-state index contributed by atoms with van der Waals surface area (Å²) in [5.41, 5.74) is 3.26. The second kappa shape index (κ2) is 11.0. The number of nitrogens with one attached hydrogen (secondary N) is 1. The predicted molar refractivity (Wildman–Crippen MR) is 139 cm³/mol. The first-order valence-electron chi connectivity index (χ1n) is 12.2. The average molecular weight is 504 g/mol. The molecule has 0 saturated carbocycles. The number of fused-ring (bicyclic) bond motifs is 1. The number of ether oxygens (including phenoxy) is 2. The predicted octanol–water partition coefficient (Wildman–Crippen LogP) is 4.57. The van der Waals surface area contributed by atoms with Gasteiger partial charge in [-0.3, -0.25) is 14.6 Å². The van der Waals surface area contributed by atoms with Crippen molar-refractivity contribution >= 4 is 29.2 Å². The van der Waals surface area contributed by atoms with E-state index in [-0.39, 0.29) is 24.5 Å². The lowest BCUT2D eigenvalue weighted by Gasteiger charge is -2.32. The highest BCUT2D eigenvalue weighted by molar-refractivity contribution is 7.09. The van der Waals surface area contributed by atoms with E-state index in [4.69, 9.17) is 14.5 Å². The summed E-state index contributed by atoms with van der Waals surface area (Å²) in [7, 11) is 0. The number of aromatic nitrogens is 1. The number of rotatable bonds is 7. The molecule has 3 aromatic rings. The maximum atomic E-state index is 13.0. The zero-order valence-electron chi connectivity index (χ0n) is 20.2. The molecule has 8 heteroatoms. The number of amides is 2. The number of nitrogens with zero attached hydrogens (tertiary/aromatic N) is 2. The van der Waals surface area contributed by atoms with Crippen LogP contribution >= 0.6 is 11.3 Å². The lowest BCUT2D eigenvalue weighted by atomic mass is 9.89. The molecular weight excluding hydrogens is 474 g/mol. The summed E-state index contributed by atoms with van der Waals surface area (Å²) in [6, 6.07) is 13.5. The van der Waals surface area contributed by atoms with Crippen LogP contribution in [-0.2, 0) is 11.2 Å². The van der Waals surface area contributed by atoms with Gasteiger partial charge in [0.15, 0.2) is 11.5 Å². The minimum atomic E-state index is -0.0841. The van der Waals surface area contributed by atoms with Crippen LogP contribution in [0, 0.1) is 6.92 Å². The third kappa shape index (κ3) is 5.60. The van der Waals surface area contributed by atoms with E-state index in [1.54, 1.807) is 23.5 Å². The fraction of sp³-hybridized carbons (Fsp3) is 0.321. The van der Waals surface area contributed by atoms with Crippen molar-refractivity contribution in [2.75, 3.05) is 26.4 Å². The molecule has 36 heavy (non-hydrogen) atoms. The van der Waals surface area contributed by atoms with E-state index in [2.05, 4.69) is 11.4 Å². The van der Waals surface area contributed by atoms with Gasteiger partial charge in [-0.25, -0.2) is 0 Å². The Hall–Kier alpha value is -3.65. The Morgan fingerprint density at radius 2 is 1.97 bits per heavy atom. The van der Waals surface area contributed by atoms with E-state index in [1.165, 1.54) is 4.88 Å². The number of pyridine rings is 1. The molecule has 4 heterocycles. The molecule has 0 spiro atoms. The molecule has 0 aliphatic carbocycles. The van der Waals surface area contributed by atoms with E-state index in [0.717, 1.165) is 42.0 Å². The van der Waals surface area contributed by atoms with Crippen molar-refractivity contribution in [3.63, 3.8) is 0 Å². The fourth-order valence-corrected chi connectivity index (χ4v) is 5.30. The minimum Gasteiger partial charge on any atom is -0.454 e. The Bertz CT molecular complexity index is 1260. The Kier molecular flexibility index (Phi) is 7.32. The lowest BCUT2D eigenvalue weighted by Crippen LogP contribution is -2.37. The summed E-state index contributed by atoms with van der Waals surface area (Å²) < 4.78 is 10.7. The van der Waals surface area contributed by atoms with Crippen LogP contribution in [0.25, 0.3) is 6.08 Å². The smallest absolute Gasteiger partial charge is 0.253 e. The molecule has 5 rings (SSSR count). The highest BCUT2D eigenvalue weighted by Crippen LogP contribution is 2.33. The van der Waals surface area contributed by atoms with Crippen LogP contribution in [0.3, 0.4) is 0 Å². The van der Waals surface area contributed by atoms with Gasteiger partial charge in [0.2, 0.25) is 12.7 Å². The van der Waals surface area contributed by atoms with E-state index in [0.29, 0.717) is 30.9 Å². The zero-order chi connectivity index (χ0) is 24.9. The van der Waals surface area contributed by atoms with Gasteiger partial charge >= 0.3 is 0 Å². The van der Waals surface area contributed by atoms with Crippen LogP contribution in [0.1, 0.15) is 50.9 Å². The fourth-order valence-electron chi connectivity index (χ4n) is 4.59. The van der Waals surface area contributed by atoms with Crippen molar-refractivity contribution in [3.8, 4) is 11.5 Å². The van der Waals surface area contributed by atoms with Crippen LogP contribution in [-0.4, -0.2) is 48.1 Å². The second-order valence-corrected chi connectivity index (χ2v) is 10.0. The molecule has 1 N–H and O–H groups in total. The molecule has 2 amide bonds. The van der Waals surface area contributed by atoms with Gasteiger partial charge in [0.05, 0.1) is 11.3 Å². The molecule has 1 fully saturated rings. The normalized spacial score (nSPS) is 15.4. The maximum absolute atomic E-state index is 13.0. The highest BCUT2D eigenvalue weighted by Gasteiger charge is 2.27. The van der Waals surface area contributed by atoms with Crippen molar-refractivity contribution in [2.24, 2.45) is 0 Å². The summed E-state index contributed by atoms with van der Waals surface area (Å²) in [4.78, 5) is 33.6. The molecule has 0 bridgehead atoms. The van der Waals surface area contributed by atoms with Crippen molar-refractivity contribution < 1.29 is 19.1 Å². The summed E-state index contributed by atoms with van der Waals surface area (Å²) in [5, 5.41) is 5.09. The topological polar surface area (TPSA) is 80.8 Å². The lowest BCUT2D eigenvalue weighted by molar-refractivity contribution is -0.127. The SMILES string of the molecule is Cc1ccc(C(=O)NCCc2cccs2)c(C2CCN(C(=O)C=Cc3ccc4c(c3)OCO4)CC2)n1. The van der Waals surface area contributed by atoms with Gasteiger partial charge in [0.1, 0.15) is 0 Å². The number of hydrogen-bond acceptors (Lipinski definition) is 6. The van der Waals surface area contributed by atoms with Crippen molar-refractivity contribution in [3.05, 3.63) is 81.3 Å². The quantitative estimate of drug-likeness (QED) is 0.478. The third-order valence-electron chi connectivity index (χ3n) is 6.55. The third-order valence-corrected chi connectivity index (χ3v) is 7.49. The number of likely N-dealkylation sites (tertiary alicyclic amines) is 1. The molecule has 0 atom stereocenters. The van der Waals surface area contributed by atoms with Crippen LogP contribution in [0.15, 0.2) is 53.9 Å². The summed E-state index contributed by atoms with van der Waals surface area (Å²) in [6.07, 6.45) is 5.77. The number of carbonyl (C=O) groups excluding carboxylic acids is 2. The largest absolute Gasteiger partial charge is 0.454 e. The number of thiophene rings is 1. The van der Waals surface area contributed by atoms with Crippen molar-refractivity contribution in [2.45, 2.75) is 32.1 Å². The standard InChI is InChI=1S/C28H29N3O4S/c1-19-4-7-23(28(33)29-13-10-22-3-2-16-36-22)27(30-19)21-11-14-31(15-12-21)26(32)9-6-20-5-8-24-25(17-20)35-18-34-24/h2-9,16-17,21H,10-15,18H2,1H3,(H,29,33). The molecule has 1 aromatic carbocycles. The van der Waals surface area contributed by atoms with Gasteiger partial charge in [0, 0.05) is 42.2 Å². The van der Waals surface area contributed by atoms with Crippen LogP contribution in [0.5, 0.6) is 11.5 Å². The summed E-state index contributed by atoms with van der Waals surface area (Å²) >= 11 is 1.70. The number of benzene rings is 1. The molecule has 2 aliphatic heterocycles. The molecule has 2 aromatic heterocycles. The molecular formula is C28H29N3O4S. The van der Waals surface area contributed by atoms with E-state index >= 15 is 0 Å². The van der Waals surface area contributed by atoms with Crippen LogP contribution in [0.4, 0.5) is 0 Å². The van der Waals surface area contributed by atoms with Gasteiger partial charge < -0.3 is 19.7 Å². The van der Waals surface area contributed by atoms with E-state index in [9.17, 15) is 9.59 Å². The Balaban J connectivity index is 1.18. The van der Waals surface area contributed by atoms with Gasteiger partial charge in [0.25, 0.3) is 5.91 Å². The zero-order valence-corrected chi connectivity index (χ0v) is 21.1. The van der Waals surface area contributed by atoms with Crippen LogP contribution < -0.4 is 14.8 Å². The van der Waals surface area contributed by atoms with Crippen molar-refractivity contribution in [1.82, 2.24) is 15.2 Å². The van der Waals surface area contributed by atoms with Gasteiger partial charge in [-0.2, -0.15) is 0 Å². The van der Waals surface area contributed by atoms with E-state index in [1.807, 2.05) is 53.6 Å². The van der Waals surface area contributed by atoms with Gasteiger partial charge in [-0.1, -0.05) is 12.1 Å². The first-order chi connectivity index (χ1) is 17.6. The summed E-state index contributed by atoms with van der Waals surface area (Å²) in [5.74, 6) is 1.46.